The molecule has 0 aromatic carbocycles. The van der Waals surface area contributed by atoms with Crippen LogP contribution in [0.1, 0.15) is 78.1 Å². The molecule has 0 fully saturated rings. The molecule has 0 saturated carbocycles. The lowest BCUT2D eigenvalue weighted by Crippen LogP contribution is -1.94. The molecule has 0 atom stereocenters. The van der Waals surface area contributed by atoms with Gasteiger partial charge in [-0.3, -0.25) is 0 Å². The van der Waals surface area contributed by atoms with Crippen LogP contribution in [-0.2, 0) is 4.74 Å². The molecule has 23 heavy (non-hydrogen) atoms. The van der Waals surface area contributed by atoms with E-state index >= 15 is 0 Å². The number of aliphatic hydroxyl groups is 2. The minimum Gasteiger partial charge on any atom is -0.396 e. The number of hydrogen-bond acceptors (Lipinski definition) is 3. The van der Waals surface area contributed by atoms with E-state index in [0.29, 0.717) is 26.4 Å². The summed E-state index contributed by atoms with van der Waals surface area (Å²) in [6, 6.07) is 0. The second kappa shape index (κ2) is 17.7. The Morgan fingerprint density at radius 1 is 0.652 bits per heavy atom. The fourth-order valence-corrected chi connectivity index (χ4v) is 2.41. The highest BCUT2D eigenvalue weighted by Gasteiger charge is 1.94. The predicted molar refractivity (Wildman–Crippen MR) is 98.7 cm³/mol. The van der Waals surface area contributed by atoms with Crippen molar-refractivity contribution in [2.75, 3.05) is 26.4 Å². The minimum absolute atomic E-state index is 0.318. The summed E-state index contributed by atoms with van der Waals surface area (Å²) in [6.07, 6.45) is 15.6. The number of ether oxygens (including phenoxy) is 1. The van der Waals surface area contributed by atoms with E-state index in [0.717, 1.165) is 38.5 Å². The van der Waals surface area contributed by atoms with Gasteiger partial charge in [0.25, 0.3) is 0 Å². The summed E-state index contributed by atoms with van der Waals surface area (Å²) in [4.78, 5) is 0. The van der Waals surface area contributed by atoms with Gasteiger partial charge in [-0.05, 0) is 52.4 Å². The third kappa shape index (κ3) is 17.5. The van der Waals surface area contributed by atoms with Gasteiger partial charge >= 0.3 is 0 Å². The first-order chi connectivity index (χ1) is 11.2. The molecule has 3 heteroatoms. The van der Waals surface area contributed by atoms with E-state index in [4.69, 9.17) is 14.9 Å². The maximum absolute atomic E-state index is 8.72. The van der Waals surface area contributed by atoms with E-state index in [-0.39, 0.29) is 0 Å². The first kappa shape index (κ1) is 22.4. The first-order valence-corrected chi connectivity index (χ1v) is 9.31. The average molecular weight is 327 g/mol. The second-order valence-electron chi connectivity index (χ2n) is 6.41. The Morgan fingerprint density at radius 2 is 1.04 bits per heavy atom. The van der Waals surface area contributed by atoms with Crippen molar-refractivity contribution in [1.82, 2.24) is 0 Å². The molecule has 0 saturated heterocycles. The number of allylic oxidation sites excluding steroid dienone is 2. The van der Waals surface area contributed by atoms with Crippen LogP contribution < -0.4 is 0 Å². The lowest BCUT2D eigenvalue weighted by Gasteiger charge is -2.04. The van der Waals surface area contributed by atoms with E-state index in [1.54, 1.807) is 0 Å². The van der Waals surface area contributed by atoms with E-state index in [9.17, 15) is 0 Å². The lowest BCUT2D eigenvalue weighted by molar-refractivity contribution is 0.192. The molecule has 3 nitrogen and oxygen atoms in total. The van der Waals surface area contributed by atoms with Crippen LogP contribution in [0.5, 0.6) is 0 Å². The van der Waals surface area contributed by atoms with Gasteiger partial charge in [0.2, 0.25) is 0 Å². The Labute approximate surface area is 143 Å². The van der Waals surface area contributed by atoms with Crippen molar-refractivity contribution in [3.05, 3.63) is 23.3 Å². The van der Waals surface area contributed by atoms with Crippen LogP contribution >= 0.6 is 0 Å². The van der Waals surface area contributed by atoms with Gasteiger partial charge in [-0.25, -0.2) is 0 Å². The van der Waals surface area contributed by atoms with Gasteiger partial charge in [-0.1, -0.05) is 49.0 Å². The highest BCUT2D eigenvalue weighted by molar-refractivity contribution is 4.99. The van der Waals surface area contributed by atoms with Crippen LogP contribution in [0.15, 0.2) is 23.3 Å². The monoisotopic (exact) mass is 326 g/mol. The van der Waals surface area contributed by atoms with Gasteiger partial charge in [0.05, 0.1) is 13.2 Å². The van der Waals surface area contributed by atoms with Crippen LogP contribution in [0.25, 0.3) is 0 Å². The van der Waals surface area contributed by atoms with Crippen molar-refractivity contribution >= 4 is 0 Å². The predicted octanol–water partition coefficient (Wildman–Crippen LogP) is 4.78. The maximum atomic E-state index is 8.72. The van der Waals surface area contributed by atoms with Crippen molar-refractivity contribution in [2.24, 2.45) is 0 Å². The van der Waals surface area contributed by atoms with Crippen molar-refractivity contribution < 1.29 is 14.9 Å². The summed E-state index contributed by atoms with van der Waals surface area (Å²) < 4.78 is 5.65. The molecule has 0 aliphatic heterocycles. The zero-order chi connectivity index (χ0) is 17.2. The minimum atomic E-state index is 0.318. The fraction of sp³-hybridized carbons (Fsp3) is 0.800. The Bertz CT molecular complexity index is 278. The highest BCUT2D eigenvalue weighted by Crippen LogP contribution is 2.10. The van der Waals surface area contributed by atoms with Crippen LogP contribution in [-0.4, -0.2) is 36.6 Å². The molecule has 0 heterocycles. The summed E-state index contributed by atoms with van der Waals surface area (Å²) >= 11 is 0. The molecule has 0 aliphatic rings. The molecular formula is C20H38O3. The van der Waals surface area contributed by atoms with Crippen molar-refractivity contribution in [1.29, 1.82) is 0 Å². The molecule has 0 aromatic rings. The molecule has 0 unspecified atom stereocenters. The van der Waals surface area contributed by atoms with Crippen LogP contribution in [0.4, 0.5) is 0 Å². The molecule has 0 rings (SSSR count). The molecule has 0 amide bonds. The summed E-state index contributed by atoms with van der Waals surface area (Å²) in [5.41, 5.74) is 2.80. The number of unbranched alkanes of at least 4 members (excludes halogenated alkanes) is 6. The molecule has 2 N–H and O–H groups in total. The van der Waals surface area contributed by atoms with Gasteiger partial charge in [0.15, 0.2) is 0 Å². The molecule has 0 spiro atoms. The Morgan fingerprint density at radius 3 is 1.43 bits per heavy atom. The van der Waals surface area contributed by atoms with Gasteiger partial charge in [0, 0.05) is 13.2 Å². The topological polar surface area (TPSA) is 49.7 Å². The van der Waals surface area contributed by atoms with Crippen molar-refractivity contribution in [2.45, 2.75) is 78.1 Å². The van der Waals surface area contributed by atoms with Crippen molar-refractivity contribution in [3.63, 3.8) is 0 Å². The number of aliphatic hydroxyl groups excluding tert-OH is 2. The lowest BCUT2D eigenvalue weighted by atomic mass is 10.1. The molecular weight excluding hydrogens is 288 g/mol. The Kier molecular flexibility index (Phi) is 17.2. The third-order valence-corrected chi connectivity index (χ3v) is 4.06. The SMILES string of the molecule is CC(=CCOCC=C(C)CCCCCCO)CCCCCCO. The molecule has 0 aromatic heterocycles. The van der Waals surface area contributed by atoms with Gasteiger partial charge in [-0.15, -0.1) is 0 Å². The van der Waals surface area contributed by atoms with Crippen molar-refractivity contribution in [3.8, 4) is 0 Å². The first-order valence-electron chi connectivity index (χ1n) is 9.31. The largest absolute Gasteiger partial charge is 0.396 e. The van der Waals surface area contributed by atoms with Gasteiger partial charge in [0.1, 0.15) is 0 Å². The van der Waals surface area contributed by atoms with E-state index in [1.165, 1.54) is 36.8 Å². The molecule has 136 valence electrons. The Hall–Kier alpha value is -0.640. The smallest absolute Gasteiger partial charge is 0.0654 e. The second-order valence-corrected chi connectivity index (χ2v) is 6.41. The quantitative estimate of drug-likeness (QED) is 0.317. The van der Waals surface area contributed by atoms with Crippen LogP contribution in [0, 0.1) is 0 Å². The normalized spacial score (nSPS) is 12.9. The average Bonchev–Trinajstić information content (AvgIpc) is 2.54. The molecule has 0 bridgehead atoms. The third-order valence-electron chi connectivity index (χ3n) is 4.06. The van der Waals surface area contributed by atoms with Crippen LogP contribution in [0.2, 0.25) is 0 Å². The standard InChI is InChI=1S/C20H38O3/c1-19(11-7-3-5-9-15-21)13-17-23-18-14-20(2)12-8-4-6-10-16-22/h13-14,21-22H,3-12,15-18H2,1-2H3. The van der Waals surface area contributed by atoms with E-state index in [2.05, 4.69) is 26.0 Å². The summed E-state index contributed by atoms with van der Waals surface area (Å²) in [7, 11) is 0. The Balaban J connectivity index is 3.53. The summed E-state index contributed by atoms with van der Waals surface area (Å²) in [6.45, 7) is 6.37. The summed E-state index contributed by atoms with van der Waals surface area (Å²) in [5.74, 6) is 0. The molecule has 0 radical (unpaired) electrons. The zero-order valence-electron chi connectivity index (χ0n) is 15.4. The number of hydrogen-bond donors (Lipinski definition) is 2. The van der Waals surface area contributed by atoms with Gasteiger partial charge < -0.3 is 14.9 Å². The van der Waals surface area contributed by atoms with Crippen LogP contribution in [0.3, 0.4) is 0 Å². The maximum Gasteiger partial charge on any atom is 0.0654 e. The fourth-order valence-electron chi connectivity index (χ4n) is 2.41. The highest BCUT2D eigenvalue weighted by atomic mass is 16.5. The molecule has 0 aliphatic carbocycles. The summed E-state index contributed by atoms with van der Waals surface area (Å²) in [5, 5.41) is 17.4. The van der Waals surface area contributed by atoms with Gasteiger partial charge in [-0.2, -0.15) is 0 Å². The zero-order valence-corrected chi connectivity index (χ0v) is 15.4. The van der Waals surface area contributed by atoms with E-state index in [1.807, 2.05) is 0 Å². The van der Waals surface area contributed by atoms with E-state index < -0.39 is 0 Å². The number of rotatable bonds is 16.